The lowest BCUT2D eigenvalue weighted by atomic mass is 9.33. The topological polar surface area (TPSA) is 723 Å². The fraction of sp³-hybridized carbons (Fsp3) is 0.862. The molecule has 8 heterocycles. The summed E-state index contributed by atoms with van der Waals surface area (Å²) >= 11 is 0. The zero-order valence-electron chi connectivity index (χ0n) is 80.2. The Morgan fingerprint density at radius 1 is 0.457 bits per heavy atom. The summed E-state index contributed by atoms with van der Waals surface area (Å²) in [5.74, 6) is -4.89. The van der Waals surface area contributed by atoms with Crippen molar-refractivity contribution in [2.75, 3.05) is 59.5 Å². The summed E-state index contributed by atoms with van der Waals surface area (Å²) in [6.07, 6.45) is -60.1. The molecule has 48 atom stereocenters. The maximum atomic E-state index is 16.8. The summed E-state index contributed by atoms with van der Waals surface area (Å²) in [6.45, 7) is 19.3. The van der Waals surface area contributed by atoms with Crippen LogP contribution in [-0.2, 0) is 99.6 Å². The van der Waals surface area contributed by atoms with E-state index in [9.17, 15) is 132 Å². The summed E-state index contributed by atoms with van der Waals surface area (Å²) in [5, 5.41) is 278. The normalized spacial score (nSPS) is 48.0. The van der Waals surface area contributed by atoms with E-state index in [2.05, 4.69) is 33.1 Å². The van der Waals surface area contributed by atoms with Crippen molar-refractivity contribution in [2.24, 2.45) is 50.2 Å². The fourth-order valence-corrected chi connectivity index (χ4v) is 23.8. The van der Waals surface area contributed by atoms with Gasteiger partial charge in [-0.05, 0) is 131 Å². The lowest BCUT2D eigenvalue weighted by Gasteiger charge is -2.72. The maximum absolute atomic E-state index is 16.8. The molecule has 140 heavy (non-hydrogen) atoms. The average Bonchev–Trinajstić information content (AvgIpc) is 0.735. The SMILES string of the molecule is C=C[C@](C)(O)CC/C=C(\CO)C(=O)O[C@@H]1[C@@H](O)[C@H](O[C@](C)(C=C)CC/C=C(\CO)C(=O)O[C@H]2C[C@]3(C(=O)O[C@@H]4O[C@H](CO)[C@@H](O)[C@H](O)[C@H]4O[C@@H]4O[C@@H](C)[C@H](O[C@@H]5O[C@@H](CO)[C@H](O)[C@H]5O)[C@@H](O[C@@H]5O[C@H](CO)[C@@H](O)[C@H](O)[C@H]5O)[C@H]4O)[C@H](O)C[C@]4(C)C(=CC[C@@H]5[C@@]6(C)CC[C@H](O[C@@H]7O[C@H](CO[C@@H]8OC[C@H](O)[C@H](O)[C@H]8O[C@@H]8OC[C@@H](O)[C@H](O)[C@H]8O)[C@@H](O)[C@H](O)[C@H]7O)C(C)(C)[C@@H]6CC[C@]54C)[C@@H]3CC2(C)C)OC[C@H]1O. The van der Waals surface area contributed by atoms with E-state index in [1.807, 2.05) is 20.8 Å². The Bertz CT molecular complexity index is 4270. The second kappa shape index (κ2) is 44.7. The van der Waals surface area contributed by atoms with Crippen molar-refractivity contribution in [1.82, 2.24) is 0 Å². The molecule has 0 bridgehead atoms. The van der Waals surface area contributed by atoms with Gasteiger partial charge in [-0.2, -0.15) is 0 Å². The molecule has 0 aromatic heterocycles. The number of fused-ring (bicyclic) bond motifs is 7. The van der Waals surface area contributed by atoms with E-state index in [0.717, 1.165) is 0 Å². The first-order chi connectivity index (χ1) is 65.7. The summed E-state index contributed by atoms with van der Waals surface area (Å²) in [4.78, 5) is 45.3. The molecule has 0 spiro atoms. The van der Waals surface area contributed by atoms with Gasteiger partial charge in [0.1, 0.15) is 164 Å². The van der Waals surface area contributed by atoms with Crippen LogP contribution in [0, 0.1) is 50.2 Å². The molecular formula is C94H148O46. The Kier molecular flexibility index (Phi) is 36.0. The van der Waals surface area contributed by atoms with Crippen molar-refractivity contribution in [2.45, 2.75) is 397 Å². The molecule has 0 aromatic carbocycles. The zero-order chi connectivity index (χ0) is 103. The lowest BCUT2D eigenvalue weighted by Crippen LogP contribution is -2.70. The van der Waals surface area contributed by atoms with Crippen molar-refractivity contribution in [3.63, 3.8) is 0 Å². The van der Waals surface area contributed by atoms with Crippen molar-refractivity contribution in [3.8, 4) is 0 Å². The molecule has 12 fully saturated rings. The van der Waals surface area contributed by atoms with Gasteiger partial charge < -0.3 is 213 Å². The van der Waals surface area contributed by atoms with Crippen LogP contribution >= 0.6 is 0 Å². The highest BCUT2D eigenvalue weighted by Gasteiger charge is 2.74. The van der Waals surface area contributed by atoms with E-state index in [-0.39, 0.29) is 61.5 Å². The molecule has 25 N–H and O–H groups in total. The lowest BCUT2D eigenvalue weighted by molar-refractivity contribution is -0.390. The van der Waals surface area contributed by atoms with Gasteiger partial charge in [0.25, 0.3) is 0 Å². The van der Waals surface area contributed by atoms with Crippen LogP contribution in [0.5, 0.6) is 0 Å². The van der Waals surface area contributed by atoms with E-state index >= 15 is 9.59 Å². The Hall–Kier alpha value is -4.49. The molecule has 4 saturated carbocycles. The minimum absolute atomic E-state index is 0.0605. The fourth-order valence-electron chi connectivity index (χ4n) is 23.8. The minimum atomic E-state index is -2.29. The zero-order valence-corrected chi connectivity index (χ0v) is 80.2. The predicted octanol–water partition coefficient (Wildman–Crippen LogP) is -6.84. The van der Waals surface area contributed by atoms with Gasteiger partial charge in [-0.1, -0.05) is 84.4 Å². The van der Waals surface area contributed by atoms with Gasteiger partial charge in [-0.3, -0.25) is 4.79 Å². The molecule has 0 radical (unpaired) electrons. The highest BCUT2D eigenvalue weighted by Crippen LogP contribution is 2.76. The first kappa shape index (κ1) is 113. The van der Waals surface area contributed by atoms with Crippen molar-refractivity contribution >= 4 is 17.9 Å². The molecular weight excluding hydrogens is 1860 g/mol. The average molecular weight is 2010 g/mol. The highest BCUT2D eigenvalue weighted by atomic mass is 16.8. The first-order valence-electron chi connectivity index (χ1n) is 48.1. The van der Waals surface area contributed by atoms with Gasteiger partial charge in [-0.25, -0.2) is 9.59 Å². The predicted molar refractivity (Wildman–Crippen MR) is 469 cm³/mol. The number of ether oxygens (including phenoxy) is 18. The molecule has 8 saturated heterocycles. The summed E-state index contributed by atoms with van der Waals surface area (Å²) in [7, 11) is 0. The molecule has 46 heteroatoms. The van der Waals surface area contributed by atoms with Crippen LogP contribution in [-0.4, -0.2) is 456 Å². The van der Waals surface area contributed by atoms with Crippen LogP contribution in [0.15, 0.2) is 60.3 Å². The number of aliphatic hydroxyl groups excluding tert-OH is 24. The first-order valence-corrected chi connectivity index (χ1v) is 48.1. The van der Waals surface area contributed by atoms with E-state index < -0.39 is 373 Å². The van der Waals surface area contributed by atoms with Gasteiger partial charge in [0.05, 0.1) is 100 Å². The van der Waals surface area contributed by atoms with Gasteiger partial charge in [-0.15, -0.1) is 13.2 Å². The molecule has 13 rings (SSSR count). The molecule has 46 nitrogen and oxygen atoms in total. The van der Waals surface area contributed by atoms with Gasteiger partial charge >= 0.3 is 17.9 Å². The number of carbonyl (C=O) groups excluding carboxylic acids is 3. The molecule has 8 aliphatic heterocycles. The molecule has 5 aliphatic carbocycles. The maximum Gasteiger partial charge on any atom is 0.336 e. The Balaban J connectivity index is 0.780. The Morgan fingerprint density at radius 3 is 1.54 bits per heavy atom. The molecule has 800 valence electrons. The van der Waals surface area contributed by atoms with E-state index in [1.54, 1.807) is 20.8 Å². The number of carbonyl (C=O) groups is 3. The van der Waals surface area contributed by atoms with Crippen LogP contribution in [0.4, 0.5) is 0 Å². The Labute approximate surface area is 809 Å². The number of allylic oxidation sites excluding steroid dienone is 4. The number of esters is 3. The van der Waals surface area contributed by atoms with Crippen LogP contribution in [0.3, 0.4) is 0 Å². The van der Waals surface area contributed by atoms with Crippen LogP contribution in [0.2, 0.25) is 0 Å². The second-order valence-corrected chi connectivity index (χ2v) is 42.5. The number of rotatable bonds is 34. The summed E-state index contributed by atoms with van der Waals surface area (Å²) < 4.78 is 109. The summed E-state index contributed by atoms with van der Waals surface area (Å²) in [5.41, 5.74) is -9.13. The quantitative estimate of drug-likeness (QED) is 0.00936. The van der Waals surface area contributed by atoms with Gasteiger partial charge in [0.2, 0.25) is 6.29 Å². The molecule has 0 amide bonds. The molecule has 0 aromatic rings. The molecule has 0 unspecified atom stereocenters. The standard InChI is InChI=1S/C94H148O46/c1-13-89(8,122)23-15-17-41(31-96)77(120)134-72-46(102)37-124-79(69(72)117)140-90(9,14-2)24-16-18-40(30-95)76(119)132-55-29-94(86(121)139-85-75(64(112)59(107)48(33-98)130-85)138-83-70(118)73(136-82-68(116)62(110)58(106)47(32-97)128-82)71(39(3)127-83)135-81-66(114)60(108)49(34-99)129-81)43(27-87(55,4)5)42-19-20-52-91(10)25-22-54(88(6,7)51(91)21-26-92(52,11)93(42,12)28-53(94)103)133-80-67(115)63(111)61(109)50(131-80)38-126-84-74(57(105)45(101)36-125-84)137-78-65(113)56(104)44(100)35-123-78/h13-14,17-19,39,43-75,78-85,95-118,122H,1-2,15-16,20-38H2,3-12H3/b40-18+,41-17+/t39-,43-,44+,45-,46+,47+,48+,49-,50+,51-,52+,53+,54-,55-,56-,57-,58+,59+,60-,61+,62-,63-,64-,65+,66+,67+,68+,69+,70+,71-,72-,73-,74+,75+,78-,79-,80-,81-,82-,83-,84-,85-,89-,90+,91-,92+,93+,94+/m0/s1. The number of hydrogen-bond donors (Lipinski definition) is 25. The third kappa shape index (κ3) is 21.9. The summed E-state index contributed by atoms with van der Waals surface area (Å²) in [6, 6.07) is 0. The van der Waals surface area contributed by atoms with Gasteiger partial charge in [0.15, 0.2) is 56.2 Å². The monoisotopic (exact) mass is 2010 g/mol. The third-order valence-corrected chi connectivity index (χ3v) is 32.9. The van der Waals surface area contributed by atoms with E-state index in [4.69, 9.17) is 85.3 Å². The number of aliphatic hydroxyl groups is 25. The third-order valence-electron chi connectivity index (χ3n) is 32.9. The minimum Gasteiger partial charge on any atom is -0.458 e. The van der Waals surface area contributed by atoms with Crippen LogP contribution in [0.25, 0.3) is 0 Å². The Morgan fingerprint density at radius 2 is 0.943 bits per heavy atom. The molecule has 13 aliphatic rings. The van der Waals surface area contributed by atoms with Gasteiger partial charge in [0, 0.05) is 11.8 Å². The second-order valence-electron chi connectivity index (χ2n) is 42.5. The highest BCUT2D eigenvalue weighted by molar-refractivity contribution is 5.89. The van der Waals surface area contributed by atoms with Crippen LogP contribution < -0.4 is 0 Å². The van der Waals surface area contributed by atoms with Crippen LogP contribution in [0.1, 0.15) is 146 Å². The number of hydrogen-bond acceptors (Lipinski definition) is 46. The smallest absolute Gasteiger partial charge is 0.336 e. The van der Waals surface area contributed by atoms with E-state index in [0.29, 0.717) is 37.7 Å². The largest absolute Gasteiger partial charge is 0.458 e. The van der Waals surface area contributed by atoms with Crippen molar-refractivity contribution in [1.29, 1.82) is 0 Å². The van der Waals surface area contributed by atoms with Crippen molar-refractivity contribution < 1.29 is 227 Å². The van der Waals surface area contributed by atoms with Crippen molar-refractivity contribution in [3.05, 3.63) is 60.3 Å². The van der Waals surface area contributed by atoms with E-state index in [1.165, 1.54) is 38.2 Å².